The van der Waals surface area contributed by atoms with Crippen LogP contribution in [0.3, 0.4) is 0 Å². The number of ether oxygens (including phenoxy) is 1. The van der Waals surface area contributed by atoms with E-state index in [4.69, 9.17) is 14.9 Å². The fourth-order valence-corrected chi connectivity index (χ4v) is 3.64. The van der Waals surface area contributed by atoms with Crippen LogP contribution in [0.4, 0.5) is 5.69 Å². The zero-order valence-electron chi connectivity index (χ0n) is 18.4. The van der Waals surface area contributed by atoms with Gasteiger partial charge in [-0.25, -0.2) is 9.59 Å². The van der Waals surface area contributed by atoms with Crippen LogP contribution in [0.5, 0.6) is 5.75 Å². The standard InChI is InChI=1S/C24H29N3O5/c1-17-3-6-20(25-14-22(23(28)29)24(30)31)13-19(17)16-27-11-9-26(10-12-27)15-18-4-7-21(32-2)8-5-18/h3-8,13-14,25H,9-12,15-16H2,1-2H3,(H,28,29)(H,30,31). The molecule has 170 valence electrons. The van der Waals surface area contributed by atoms with E-state index in [9.17, 15) is 9.59 Å². The van der Waals surface area contributed by atoms with E-state index in [-0.39, 0.29) is 0 Å². The first kappa shape index (κ1) is 23.3. The third kappa shape index (κ3) is 6.32. The molecule has 0 atom stereocenters. The summed E-state index contributed by atoms with van der Waals surface area (Å²) in [5.74, 6) is -2.10. The number of hydrogen-bond donors (Lipinski definition) is 3. The number of carboxylic acids is 2. The Bertz CT molecular complexity index is 964. The molecule has 1 aliphatic heterocycles. The first-order chi connectivity index (χ1) is 15.4. The van der Waals surface area contributed by atoms with Crippen molar-refractivity contribution in [3.63, 3.8) is 0 Å². The summed E-state index contributed by atoms with van der Waals surface area (Å²) in [6.07, 6.45) is 1.01. The Morgan fingerprint density at radius 2 is 1.56 bits per heavy atom. The maximum atomic E-state index is 11.0. The lowest BCUT2D eigenvalue weighted by Crippen LogP contribution is -2.45. The lowest BCUT2D eigenvalue weighted by molar-refractivity contribution is -0.140. The van der Waals surface area contributed by atoms with Gasteiger partial charge < -0.3 is 20.3 Å². The van der Waals surface area contributed by atoms with Crippen LogP contribution in [0.25, 0.3) is 0 Å². The number of aryl methyl sites for hydroxylation is 1. The van der Waals surface area contributed by atoms with Gasteiger partial charge >= 0.3 is 11.9 Å². The molecule has 1 saturated heterocycles. The highest BCUT2D eigenvalue weighted by molar-refractivity contribution is 6.12. The lowest BCUT2D eigenvalue weighted by Gasteiger charge is -2.35. The molecule has 32 heavy (non-hydrogen) atoms. The lowest BCUT2D eigenvalue weighted by atomic mass is 10.1. The van der Waals surface area contributed by atoms with Gasteiger partial charge in [0, 0.05) is 51.2 Å². The molecule has 3 rings (SSSR count). The summed E-state index contributed by atoms with van der Waals surface area (Å²) in [5.41, 5.74) is 3.48. The van der Waals surface area contributed by atoms with Gasteiger partial charge in [0.1, 0.15) is 5.75 Å². The summed E-state index contributed by atoms with van der Waals surface area (Å²) in [7, 11) is 1.67. The molecule has 0 bridgehead atoms. The summed E-state index contributed by atoms with van der Waals surface area (Å²) >= 11 is 0. The molecule has 1 heterocycles. The summed E-state index contributed by atoms with van der Waals surface area (Å²) < 4.78 is 5.22. The molecular formula is C24H29N3O5. The minimum atomic E-state index is -1.48. The van der Waals surface area contributed by atoms with Gasteiger partial charge in [-0.15, -0.1) is 0 Å². The minimum absolute atomic E-state index is 0.656. The van der Waals surface area contributed by atoms with Crippen LogP contribution in [0.1, 0.15) is 16.7 Å². The van der Waals surface area contributed by atoms with Crippen molar-refractivity contribution in [3.05, 3.63) is 70.9 Å². The fourth-order valence-electron chi connectivity index (χ4n) is 3.64. The Morgan fingerprint density at radius 3 is 2.12 bits per heavy atom. The molecule has 8 nitrogen and oxygen atoms in total. The molecular weight excluding hydrogens is 410 g/mol. The molecule has 0 amide bonds. The van der Waals surface area contributed by atoms with E-state index in [1.165, 1.54) is 5.56 Å². The molecule has 0 unspecified atom stereocenters. The van der Waals surface area contributed by atoms with Crippen LogP contribution in [-0.2, 0) is 22.7 Å². The molecule has 8 heteroatoms. The number of nitrogens with zero attached hydrogens (tertiary/aromatic N) is 2. The number of anilines is 1. The van der Waals surface area contributed by atoms with E-state index in [1.54, 1.807) is 7.11 Å². The maximum Gasteiger partial charge on any atom is 0.344 e. The van der Waals surface area contributed by atoms with E-state index in [0.29, 0.717) is 5.69 Å². The van der Waals surface area contributed by atoms with Crippen LogP contribution in [0.15, 0.2) is 54.2 Å². The van der Waals surface area contributed by atoms with E-state index < -0.39 is 17.5 Å². The molecule has 0 aromatic heterocycles. The number of hydrogen-bond acceptors (Lipinski definition) is 6. The molecule has 2 aromatic carbocycles. The van der Waals surface area contributed by atoms with Gasteiger partial charge in [0.15, 0.2) is 5.57 Å². The molecule has 0 saturated carbocycles. The molecule has 0 spiro atoms. The Labute approximate surface area is 187 Å². The van der Waals surface area contributed by atoms with Crippen LogP contribution < -0.4 is 10.1 Å². The van der Waals surface area contributed by atoms with Crippen molar-refractivity contribution < 1.29 is 24.5 Å². The van der Waals surface area contributed by atoms with Crippen LogP contribution in [-0.4, -0.2) is 65.2 Å². The van der Waals surface area contributed by atoms with Crippen LogP contribution in [0.2, 0.25) is 0 Å². The number of aliphatic carboxylic acids is 2. The quantitative estimate of drug-likeness (QED) is 0.311. The number of piperazine rings is 1. The summed E-state index contributed by atoms with van der Waals surface area (Å²) in [6.45, 7) is 7.60. The van der Waals surface area contributed by atoms with E-state index in [1.807, 2.05) is 37.3 Å². The number of carbonyl (C=O) groups is 2. The summed E-state index contributed by atoms with van der Waals surface area (Å²) in [4.78, 5) is 26.9. The number of carboxylic acid groups (broad SMARTS) is 2. The zero-order chi connectivity index (χ0) is 23.1. The number of nitrogens with one attached hydrogen (secondary N) is 1. The molecule has 1 aliphatic rings. The van der Waals surface area contributed by atoms with Gasteiger partial charge in [0.25, 0.3) is 0 Å². The van der Waals surface area contributed by atoms with Crippen molar-refractivity contribution in [2.24, 2.45) is 0 Å². The van der Waals surface area contributed by atoms with E-state index in [0.717, 1.165) is 62.3 Å². The number of benzene rings is 2. The van der Waals surface area contributed by atoms with Crippen molar-refractivity contribution in [3.8, 4) is 5.75 Å². The third-order valence-corrected chi connectivity index (χ3v) is 5.62. The van der Waals surface area contributed by atoms with Gasteiger partial charge in [0.05, 0.1) is 7.11 Å². The zero-order valence-corrected chi connectivity index (χ0v) is 18.4. The van der Waals surface area contributed by atoms with Crippen LogP contribution in [0, 0.1) is 6.92 Å². The number of methoxy groups -OCH3 is 1. The highest BCUT2D eigenvalue weighted by Crippen LogP contribution is 2.19. The summed E-state index contributed by atoms with van der Waals surface area (Å²) in [6, 6.07) is 13.9. The second-order valence-electron chi connectivity index (χ2n) is 7.85. The fraction of sp³-hybridized carbons (Fsp3) is 0.333. The van der Waals surface area contributed by atoms with E-state index in [2.05, 4.69) is 27.2 Å². The molecule has 1 fully saturated rings. The predicted octanol–water partition coefficient (Wildman–Crippen LogP) is 2.79. The highest BCUT2D eigenvalue weighted by Gasteiger charge is 2.18. The normalized spacial score (nSPS) is 14.6. The Kier molecular flexibility index (Phi) is 7.86. The van der Waals surface area contributed by atoms with Gasteiger partial charge in [-0.2, -0.15) is 0 Å². The maximum absolute atomic E-state index is 11.0. The van der Waals surface area contributed by atoms with Gasteiger partial charge in [-0.05, 0) is 47.9 Å². The van der Waals surface area contributed by atoms with Crippen molar-refractivity contribution in [1.29, 1.82) is 0 Å². The first-order valence-corrected chi connectivity index (χ1v) is 10.5. The Hall–Kier alpha value is -3.36. The molecule has 2 aromatic rings. The largest absolute Gasteiger partial charge is 0.497 e. The van der Waals surface area contributed by atoms with Crippen molar-refractivity contribution in [2.75, 3.05) is 38.6 Å². The average molecular weight is 440 g/mol. The Morgan fingerprint density at radius 1 is 0.969 bits per heavy atom. The predicted molar refractivity (Wildman–Crippen MR) is 122 cm³/mol. The minimum Gasteiger partial charge on any atom is -0.497 e. The van der Waals surface area contributed by atoms with Crippen LogP contribution >= 0.6 is 0 Å². The first-order valence-electron chi connectivity index (χ1n) is 10.5. The van der Waals surface area contributed by atoms with Crippen molar-refractivity contribution >= 4 is 17.6 Å². The SMILES string of the molecule is COc1ccc(CN2CCN(Cc3cc(NC=C(C(=O)O)C(=O)O)ccc3C)CC2)cc1. The topological polar surface area (TPSA) is 102 Å². The average Bonchev–Trinajstić information content (AvgIpc) is 2.77. The van der Waals surface area contributed by atoms with Gasteiger partial charge in [-0.3, -0.25) is 9.80 Å². The van der Waals surface area contributed by atoms with Crippen molar-refractivity contribution in [2.45, 2.75) is 20.0 Å². The van der Waals surface area contributed by atoms with Crippen molar-refractivity contribution in [1.82, 2.24) is 9.80 Å². The molecule has 0 aliphatic carbocycles. The third-order valence-electron chi connectivity index (χ3n) is 5.62. The molecule has 0 radical (unpaired) electrons. The number of rotatable bonds is 9. The van der Waals surface area contributed by atoms with E-state index >= 15 is 0 Å². The van der Waals surface area contributed by atoms with Gasteiger partial charge in [-0.1, -0.05) is 18.2 Å². The smallest absolute Gasteiger partial charge is 0.344 e. The van der Waals surface area contributed by atoms with Gasteiger partial charge in [0.2, 0.25) is 0 Å². The second-order valence-corrected chi connectivity index (χ2v) is 7.85. The monoisotopic (exact) mass is 439 g/mol. The second kappa shape index (κ2) is 10.8. The Balaban J connectivity index is 1.56. The summed E-state index contributed by atoms with van der Waals surface area (Å²) in [5, 5.41) is 20.7. The molecule has 3 N–H and O–H groups in total. The highest BCUT2D eigenvalue weighted by atomic mass is 16.5.